The normalized spacial score (nSPS) is 10.0. The smallest absolute Gasteiger partial charge is 0.262 e. The van der Waals surface area contributed by atoms with Crippen molar-refractivity contribution in [2.75, 3.05) is 11.9 Å². The molecule has 2 rings (SSSR count). The summed E-state index contributed by atoms with van der Waals surface area (Å²) in [7, 11) is 0. The van der Waals surface area contributed by atoms with Crippen LogP contribution in [-0.4, -0.2) is 12.5 Å². The number of carbonyl (C=O) groups excluding carboxylic acids is 1. The van der Waals surface area contributed by atoms with Crippen LogP contribution in [0.4, 0.5) is 5.69 Å². The standard InChI is InChI=1S/C14H11BrINO2/c15-10-6-7-13(12(16)8-10)17-14(18)9-19-11-4-2-1-3-5-11/h1-8H,9H2,(H,17,18). The van der Waals surface area contributed by atoms with Crippen LogP contribution in [0.15, 0.2) is 53.0 Å². The van der Waals surface area contributed by atoms with E-state index < -0.39 is 0 Å². The van der Waals surface area contributed by atoms with Gasteiger partial charge in [-0.3, -0.25) is 4.79 Å². The summed E-state index contributed by atoms with van der Waals surface area (Å²) < 4.78 is 7.33. The third kappa shape index (κ3) is 4.50. The average molecular weight is 432 g/mol. The molecule has 0 aliphatic heterocycles. The molecule has 19 heavy (non-hydrogen) atoms. The second-order valence-electron chi connectivity index (χ2n) is 3.77. The van der Waals surface area contributed by atoms with Gasteiger partial charge in [0.25, 0.3) is 5.91 Å². The largest absolute Gasteiger partial charge is 0.484 e. The monoisotopic (exact) mass is 431 g/mol. The molecule has 0 saturated heterocycles. The molecule has 0 atom stereocenters. The van der Waals surface area contributed by atoms with Crippen LogP contribution in [-0.2, 0) is 4.79 Å². The van der Waals surface area contributed by atoms with Crippen molar-refractivity contribution in [1.29, 1.82) is 0 Å². The first-order chi connectivity index (χ1) is 9.15. The fourth-order valence-electron chi connectivity index (χ4n) is 1.44. The Bertz CT molecular complexity index is 575. The Morgan fingerprint density at radius 2 is 1.95 bits per heavy atom. The van der Waals surface area contributed by atoms with Crippen LogP contribution < -0.4 is 10.1 Å². The number of hydrogen-bond donors (Lipinski definition) is 1. The summed E-state index contributed by atoms with van der Waals surface area (Å²) in [6.45, 7) is -0.00381. The third-order valence-corrected chi connectivity index (χ3v) is 3.70. The lowest BCUT2D eigenvalue weighted by molar-refractivity contribution is -0.118. The molecule has 5 heteroatoms. The summed E-state index contributed by atoms with van der Waals surface area (Å²) in [6.07, 6.45) is 0. The first-order valence-corrected chi connectivity index (χ1v) is 7.45. The van der Waals surface area contributed by atoms with Crippen molar-refractivity contribution in [2.45, 2.75) is 0 Å². The highest BCUT2D eigenvalue weighted by Crippen LogP contribution is 2.22. The van der Waals surface area contributed by atoms with Crippen molar-refractivity contribution in [1.82, 2.24) is 0 Å². The lowest BCUT2D eigenvalue weighted by atomic mass is 10.3. The van der Waals surface area contributed by atoms with Gasteiger partial charge >= 0.3 is 0 Å². The average Bonchev–Trinajstić information content (AvgIpc) is 2.41. The Hall–Kier alpha value is -1.08. The van der Waals surface area contributed by atoms with Gasteiger partial charge in [0, 0.05) is 8.04 Å². The Labute approximate surface area is 133 Å². The number of para-hydroxylation sites is 1. The lowest BCUT2D eigenvalue weighted by Crippen LogP contribution is -2.20. The van der Waals surface area contributed by atoms with Crippen molar-refractivity contribution in [3.63, 3.8) is 0 Å². The molecule has 0 aliphatic rings. The summed E-state index contributed by atoms with van der Waals surface area (Å²) in [5.74, 6) is 0.507. The van der Waals surface area contributed by atoms with Gasteiger partial charge in [0.05, 0.1) is 5.69 Å². The molecule has 2 aromatic rings. The number of anilines is 1. The van der Waals surface area contributed by atoms with E-state index in [0.717, 1.165) is 13.7 Å². The fourth-order valence-corrected chi connectivity index (χ4v) is 2.88. The van der Waals surface area contributed by atoms with E-state index in [4.69, 9.17) is 4.74 Å². The highest BCUT2D eigenvalue weighted by atomic mass is 127. The molecule has 2 aromatic carbocycles. The van der Waals surface area contributed by atoms with E-state index in [9.17, 15) is 4.79 Å². The van der Waals surface area contributed by atoms with E-state index in [1.807, 2.05) is 48.5 Å². The first-order valence-electron chi connectivity index (χ1n) is 5.58. The van der Waals surface area contributed by atoms with Crippen molar-refractivity contribution in [2.24, 2.45) is 0 Å². The number of ether oxygens (including phenoxy) is 1. The number of nitrogens with one attached hydrogen (secondary N) is 1. The second kappa shape index (κ2) is 6.91. The molecule has 1 N–H and O–H groups in total. The van der Waals surface area contributed by atoms with Gasteiger partial charge < -0.3 is 10.1 Å². The van der Waals surface area contributed by atoms with Gasteiger partial charge in [-0.15, -0.1) is 0 Å². The molecule has 0 saturated carbocycles. The molecule has 0 fully saturated rings. The zero-order valence-electron chi connectivity index (χ0n) is 9.90. The molecule has 98 valence electrons. The summed E-state index contributed by atoms with van der Waals surface area (Å²) in [5, 5.41) is 2.82. The van der Waals surface area contributed by atoms with E-state index in [2.05, 4.69) is 43.8 Å². The van der Waals surface area contributed by atoms with Gasteiger partial charge in [0.2, 0.25) is 0 Å². The summed E-state index contributed by atoms with van der Waals surface area (Å²) in [4.78, 5) is 11.8. The Balaban J connectivity index is 1.91. The number of benzene rings is 2. The predicted molar refractivity (Wildman–Crippen MR) is 87.4 cm³/mol. The van der Waals surface area contributed by atoms with Crippen molar-refractivity contribution in [3.8, 4) is 5.75 Å². The Kier molecular flexibility index (Phi) is 5.21. The van der Waals surface area contributed by atoms with Gasteiger partial charge in [0.1, 0.15) is 5.75 Å². The number of carbonyl (C=O) groups is 1. The molecular weight excluding hydrogens is 421 g/mol. The predicted octanol–water partition coefficient (Wildman–Crippen LogP) is 4.07. The van der Waals surface area contributed by atoms with E-state index in [1.165, 1.54) is 0 Å². The third-order valence-electron chi connectivity index (χ3n) is 2.32. The number of rotatable bonds is 4. The van der Waals surface area contributed by atoms with Crippen molar-refractivity contribution in [3.05, 3.63) is 56.6 Å². The number of halogens is 2. The summed E-state index contributed by atoms with van der Waals surface area (Å²) in [5.41, 5.74) is 0.783. The van der Waals surface area contributed by atoms with Crippen LogP contribution in [0.5, 0.6) is 5.75 Å². The molecular formula is C14H11BrINO2. The zero-order chi connectivity index (χ0) is 13.7. The minimum absolute atomic E-state index is 0.00381. The highest BCUT2D eigenvalue weighted by Gasteiger charge is 2.06. The quantitative estimate of drug-likeness (QED) is 0.741. The topological polar surface area (TPSA) is 38.3 Å². The lowest BCUT2D eigenvalue weighted by Gasteiger charge is -2.09. The maximum atomic E-state index is 11.8. The van der Waals surface area contributed by atoms with Gasteiger partial charge in [-0.1, -0.05) is 34.1 Å². The van der Waals surface area contributed by atoms with Gasteiger partial charge in [-0.25, -0.2) is 0 Å². The van der Waals surface area contributed by atoms with Gasteiger partial charge in [0.15, 0.2) is 6.61 Å². The molecule has 0 aromatic heterocycles. The van der Waals surface area contributed by atoms with E-state index in [1.54, 1.807) is 0 Å². The highest BCUT2D eigenvalue weighted by molar-refractivity contribution is 14.1. The first kappa shape index (κ1) is 14.3. The van der Waals surface area contributed by atoms with Crippen LogP contribution in [0.1, 0.15) is 0 Å². The number of hydrogen-bond acceptors (Lipinski definition) is 2. The SMILES string of the molecule is O=C(COc1ccccc1)Nc1ccc(Br)cc1I. The summed E-state index contributed by atoms with van der Waals surface area (Å²) in [6, 6.07) is 14.9. The van der Waals surface area contributed by atoms with Crippen LogP contribution in [0.3, 0.4) is 0 Å². The van der Waals surface area contributed by atoms with Crippen LogP contribution in [0, 0.1) is 3.57 Å². The maximum absolute atomic E-state index is 11.8. The summed E-state index contributed by atoms with van der Waals surface area (Å²) >= 11 is 5.56. The molecule has 0 heterocycles. The minimum atomic E-state index is -0.177. The van der Waals surface area contributed by atoms with Crippen LogP contribution >= 0.6 is 38.5 Å². The van der Waals surface area contributed by atoms with Crippen LogP contribution in [0.25, 0.3) is 0 Å². The molecule has 0 unspecified atom stereocenters. The molecule has 3 nitrogen and oxygen atoms in total. The van der Waals surface area contributed by atoms with E-state index in [-0.39, 0.29) is 12.5 Å². The van der Waals surface area contributed by atoms with Crippen molar-refractivity contribution < 1.29 is 9.53 Å². The second-order valence-corrected chi connectivity index (χ2v) is 5.85. The molecule has 0 bridgehead atoms. The minimum Gasteiger partial charge on any atom is -0.484 e. The van der Waals surface area contributed by atoms with Crippen molar-refractivity contribution >= 4 is 50.1 Å². The maximum Gasteiger partial charge on any atom is 0.262 e. The molecule has 1 amide bonds. The van der Waals surface area contributed by atoms with Gasteiger partial charge in [-0.05, 0) is 52.9 Å². The van der Waals surface area contributed by atoms with E-state index in [0.29, 0.717) is 5.75 Å². The van der Waals surface area contributed by atoms with E-state index >= 15 is 0 Å². The Morgan fingerprint density at radius 3 is 2.63 bits per heavy atom. The Morgan fingerprint density at radius 1 is 1.21 bits per heavy atom. The molecule has 0 radical (unpaired) electrons. The van der Waals surface area contributed by atoms with Crippen LogP contribution in [0.2, 0.25) is 0 Å². The zero-order valence-corrected chi connectivity index (χ0v) is 13.6. The van der Waals surface area contributed by atoms with Gasteiger partial charge in [-0.2, -0.15) is 0 Å². The molecule has 0 aliphatic carbocycles. The molecule has 0 spiro atoms. The number of amides is 1. The fraction of sp³-hybridized carbons (Fsp3) is 0.0714.